The summed E-state index contributed by atoms with van der Waals surface area (Å²) in [6.07, 6.45) is 5.56. The standard InChI is InChI=1S/C41H29N3O.Pt/c1-28-12-9-13-29(2)40(28)30-24-32(44-23-11-22-43-44)27-34(25-30)45-33-15-10-14-31(26-33)41(39-20-7-8-21-42-39)37-18-5-3-16-35(37)36-17-4-6-19-38(36)41;/h3-25H,1-2H3;/q-2;+2. The molecule has 224 valence electrons. The molecule has 0 fully saturated rings. The van der Waals surface area contributed by atoms with E-state index in [0.29, 0.717) is 11.5 Å². The molecule has 0 saturated carbocycles. The van der Waals surface area contributed by atoms with Crippen molar-refractivity contribution in [3.05, 3.63) is 186 Å². The second-order valence-electron chi connectivity index (χ2n) is 11.4. The summed E-state index contributed by atoms with van der Waals surface area (Å²) in [4.78, 5) is 4.95. The van der Waals surface area contributed by atoms with E-state index >= 15 is 0 Å². The molecule has 0 aliphatic heterocycles. The van der Waals surface area contributed by atoms with Crippen molar-refractivity contribution in [3.8, 4) is 39.4 Å². The minimum absolute atomic E-state index is 0. The van der Waals surface area contributed by atoms with Crippen LogP contribution in [-0.4, -0.2) is 14.8 Å². The van der Waals surface area contributed by atoms with Gasteiger partial charge in [0.2, 0.25) is 0 Å². The average Bonchev–Trinajstić information content (AvgIpc) is 3.71. The molecule has 5 heteroatoms. The number of fused-ring (bicyclic) bond motifs is 3. The van der Waals surface area contributed by atoms with Gasteiger partial charge in [-0.2, -0.15) is 17.2 Å². The summed E-state index contributed by atoms with van der Waals surface area (Å²) >= 11 is 0. The number of aromatic nitrogens is 3. The summed E-state index contributed by atoms with van der Waals surface area (Å²) in [5, 5.41) is 4.48. The van der Waals surface area contributed by atoms with Crippen molar-refractivity contribution < 1.29 is 25.8 Å². The summed E-state index contributed by atoms with van der Waals surface area (Å²) in [6.45, 7) is 4.28. The van der Waals surface area contributed by atoms with Crippen LogP contribution in [0.2, 0.25) is 0 Å². The molecular formula is C41H29N3OPt. The first-order chi connectivity index (χ1) is 22.1. The summed E-state index contributed by atoms with van der Waals surface area (Å²) < 4.78 is 8.46. The molecule has 46 heavy (non-hydrogen) atoms. The van der Waals surface area contributed by atoms with Crippen LogP contribution < -0.4 is 4.74 Å². The van der Waals surface area contributed by atoms with Crippen molar-refractivity contribution in [3.63, 3.8) is 0 Å². The molecule has 2 heterocycles. The van der Waals surface area contributed by atoms with Gasteiger partial charge < -0.3 is 4.74 Å². The van der Waals surface area contributed by atoms with E-state index < -0.39 is 5.41 Å². The smallest absolute Gasteiger partial charge is 0.509 e. The van der Waals surface area contributed by atoms with Gasteiger partial charge in [0, 0.05) is 30.1 Å². The second-order valence-corrected chi connectivity index (χ2v) is 11.4. The van der Waals surface area contributed by atoms with Crippen LogP contribution in [0, 0.1) is 26.0 Å². The number of hydrogen-bond acceptors (Lipinski definition) is 3. The van der Waals surface area contributed by atoms with Crippen molar-refractivity contribution >= 4 is 0 Å². The van der Waals surface area contributed by atoms with E-state index in [4.69, 9.17) is 9.72 Å². The fourth-order valence-corrected chi connectivity index (χ4v) is 6.90. The molecule has 0 atom stereocenters. The van der Waals surface area contributed by atoms with Crippen LogP contribution in [0.4, 0.5) is 0 Å². The van der Waals surface area contributed by atoms with Gasteiger partial charge >= 0.3 is 21.1 Å². The molecule has 2 aromatic heterocycles. The van der Waals surface area contributed by atoms with Crippen LogP contribution in [0.5, 0.6) is 11.5 Å². The largest absolute Gasteiger partial charge is 2.00 e. The first-order valence-corrected chi connectivity index (χ1v) is 15.1. The molecule has 7 aromatic rings. The van der Waals surface area contributed by atoms with Gasteiger partial charge in [-0.25, -0.2) is 0 Å². The zero-order valence-electron chi connectivity index (χ0n) is 25.3. The third kappa shape index (κ3) is 4.81. The summed E-state index contributed by atoms with van der Waals surface area (Å²) in [7, 11) is 0. The van der Waals surface area contributed by atoms with Gasteiger partial charge in [-0.15, -0.1) is 41.5 Å². The molecule has 0 radical (unpaired) electrons. The quantitative estimate of drug-likeness (QED) is 0.158. The topological polar surface area (TPSA) is 39.9 Å². The molecule has 0 amide bonds. The van der Waals surface area contributed by atoms with Gasteiger partial charge in [-0.05, 0) is 76.7 Å². The first kappa shape index (κ1) is 29.6. The summed E-state index contributed by atoms with van der Waals surface area (Å²) in [5.74, 6) is 1.19. The molecule has 0 N–H and O–H groups in total. The number of ether oxygens (including phenoxy) is 1. The molecular weight excluding hydrogens is 746 g/mol. The molecule has 1 aliphatic rings. The van der Waals surface area contributed by atoms with Crippen molar-refractivity contribution in [1.29, 1.82) is 0 Å². The average molecular weight is 775 g/mol. The van der Waals surface area contributed by atoms with Gasteiger partial charge in [0.05, 0.1) is 11.1 Å². The minimum Gasteiger partial charge on any atom is -0.509 e. The van der Waals surface area contributed by atoms with Crippen molar-refractivity contribution in [1.82, 2.24) is 14.8 Å². The third-order valence-electron chi connectivity index (χ3n) is 8.74. The van der Waals surface area contributed by atoms with E-state index in [1.807, 2.05) is 41.3 Å². The van der Waals surface area contributed by atoms with Gasteiger partial charge in [0.1, 0.15) is 0 Å². The number of hydrogen-bond donors (Lipinski definition) is 0. The van der Waals surface area contributed by atoms with Crippen molar-refractivity contribution in [2.45, 2.75) is 19.3 Å². The maximum absolute atomic E-state index is 6.64. The molecule has 0 saturated heterocycles. The van der Waals surface area contributed by atoms with Crippen LogP contribution >= 0.6 is 0 Å². The number of nitrogens with zero attached hydrogens (tertiary/aromatic N) is 3. The summed E-state index contributed by atoms with van der Waals surface area (Å²) in [6, 6.07) is 49.1. The van der Waals surface area contributed by atoms with Crippen LogP contribution in [0.25, 0.3) is 27.9 Å². The predicted octanol–water partition coefficient (Wildman–Crippen LogP) is 9.30. The van der Waals surface area contributed by atoms with Crippen LogP contribution in [-0.2, 0) is 26.5 Å². The fraction of sp³-hybridized carbons (Fsp3) is 0.0732. The number of pyridine rings is 1. The van der Waals surface area contributed by atoms with Crippen molar-refractivity contribution in [2.75, 3.05) is 0 Å². The maximum Gasteiger partial charge on any atom is 2.00 e. The van der Waals surface area contributed by atoms with E-state index in [1.54, 1.807) is 6.20 Å². The van der Waals surface area contributed by atoms with Gasteiger partial charge in [-0.3, -0.25) is 9.67 Å². The first-order valence-electron chi connectivity index (χ1n) is 15.1. The molecule has 4 nitrogen and oxygen atoms in total. The van der Waals surface area contributed by atoms with Crippen LogP contribution in [0.15, 0.2) is 140 Å². The SMILES string of the molecule is Cc1cccc(C)c1-c1cc(Oc2[c-]c(C3(c4ccccn4)c4ccccc4-c4ccccc43)ccc2)[c-]c(-n2cccn2)c1.[Pt+2]. The number of aryl methyl sites for hydroxylation is 2. The second kappa shape index (κ2) is 12.0. The van der Waals surface area contributed by atoms with Crippen LogP contribution in [0.1, 0.15) is 33.5 Å². The van der Waals surface area contributed by atoms with E-state index in [-0.39, 0.29) is 21.1 Å². The van der Waals surface area contributed by atoms with E-state index in [1.165, 1.54) is 38.9 Å². The van der Waals surface area contributed by atoms with Crippen LogP contribution in [0.3, 0.4) is 0 Å². The van der Waals surface area contributed by atoms with E-state index in [0.717, 1.165) is 22.5 Å². The van der Waals surface area contributed by atoms with E-state index in [2.05, 4.69) is 128 Å². The van der Waals surface area contributed by atoms with Gasteiger partial charge in [0.25, 0.3) is 0 Å². The Morgan fingerprint density at radius 1 is 0.652 bits per heavy atom. The van der Waals surface area contributed by atoms with E-state index in [9.17, 15) is 0 Å². The Morgan fingerprint density at radius 3 is 2.02 bits per heavy atom. The molecule has 0 spiro atoms. The fourth-order valence-electron chi connectivity index (χ4n) is 6.90. The third-order valence-corrected chi connectivity index (χ3v) is 8.74. The Balaban J connectivity index is 0.00000338. The molecule has 0 unspecified atom stereocenters. The molecule has 8 rings (SSSR count). The Bertz CT molecular complexity index is 2110. The molecule has 5 aromatic carbocycles. The Labute approximate surface area is 283 Å². The Kier molecular flexibility index (Phi) is 7.76. The van der Waals surface area contributed by atoms with Gasteiger partial charge in [-0.1, -0.05) is 72.8 Å². The zero-order valence-corrected chi connectivity index (χ0v) is 27.6. The Morgan fingerprint density at radius 2 is 1.35 bits per heavy atom. The van der Waals surface area contributed by atoms with Gasteiger partial charge in [0.15, 0.2) is 0 Å². The predicted molar refractivity (Wildman–Crippen MR) is 178 cm³/mol. The zero-order chi connectivity index (χ0) is 30.4. The monoisotopic (exact) mass is 774 g/mol. The Hall–Kier alpha value is -5.05. The minimum atomic E-state index is -0.655. The number of benzene rings is 5. The molecule has 1 aliphatic carbocycles. The van der Waals surface area contributed by atoms with Crippen molar-refractivity contribution in [2.24, 2.45) is 0 Å². The number of rotatable bonds is 6. The normalized spacial score (nSPS) is 12.6. The maximum atomic E-state index is 6.64. The molecule has 0 bridgehead atoms. The summed E-state index contributed by atoms with van der Waals surface area (Å²) in [5.41, 5.74) is 11.5.